The first-order valence-electron chi connectivity index (χ1n) is 11.6. The average molecular weight is 497 g/mol. The molecular weight excluding hydrogens is 472 g/mol. The number of carbonyl (C=O) groups is 3. The van der Waals surface area contributed by atoms with Crippen molar-refractivity contribution in [3.63, 3.8) is 0 Å². The minimum absolute atomic E-state index is 0.00792. The third kappa shape index (κ3) is 4.95. The molecule has 0 aliphatic carbocycles. The van der Waals surface area contributed by atoms with Crippen molar-refractivity contribution in [3.05, 3.63) is 107 Å². The number of nitrogens with zero attached hydrogens (tertiary/aromatic N) is 1. The Morgan fingerprint density at radius 3 is 2.57 bits per heavy atom. The number of benzene rings is 3. The van der Waals surface area contributed by atoms with E-state index in [0.717, 1.165) is 26.8 Å². The molecule has 3 aromatic carbocycles. The molecule has 1 aromatic heterocycles. The van der Waals surface area contributed by atoms with Crippen molar-refractivity contribution in [1.29, 1.82) is 0 Å². The van der Waals surface area contributed by atoms with Crippen molar-refractivity contribution in [2.24, 2.45) is 0 Å². The molecule has 0 atom stereocenters. The van der Waals surface area contributed by atoms with Crippen LogP contribution in [-0.2, 0) is 22.7 Å². The van der Waals surface area contributed by atoms with E-state index in [1.807, 2.05) is 67.6 Å². The summed E-state index contributed by atoms with van der Waals surface area (Å²) in [5, 5.41) is 4.49. The van der Waals surface area contributed by atoms with Crippen LogP contribution in [0.2, 0.25) is 0 Å². The molecule has 8 nitrogen and oxygen atoms in total. The molecule has 186 valence electrons. The molecule has 0 spiro atoms. The zero-order valence-electron chi connectivity index (χ0n) is 20.3. The third-order valence-corrected chi connectivity index (χ3v) is 6.06. The molecule has 2 heterocycles. The van der Waals surface area contributed by atoms with Gasteiger partial charge in [0.1, 0.15) is 23.8 Å². The van der Waals surface area contributed by atoms with E-state index >= 15 is 0 Å². The highest BCUT2D eigenvalue weighted by molar-refractivity contribution is 6.14. The summed E-state index contributed by atoms with van der Waals surface area (Å²) >= 11 is 0. The quantitative estimate of drug-likeness (QED) is 0.215. The fourth-order valence-electron chi connectivity index (χ4n) is 4.08. The van der Waals surface area contributed by atoms with E-state index in [1.54, 1.807) is 6.08 Å². The van der Waals surface area contributed by atoms with Gasteiger partial charge in [-0.25, -0.2) is 9.59 Å². The van der Waals surface area contributed by atoms with Gasteiger partial charge in [0, 0.05) is 5.56 Å². The van der Waals surface area contributed by atoms with Crippen LogP contribution in [0.5, 0.6) is 5.75 Å². The van der Waals surface area contributed by atoms with E-state index in [1.165, 1.54) is 19.2 Å². The lowest BCUT2D eigenvalue weighted by atomic mass is 10.0. The topological polar surface area (TPSA) is 98.1 Å². The van der Waals surface area contributed by atoms with E-state index in [4.69, 9.17) is 9.15 Å². The lowest BCUT2D eigenvalue weighted by molar-refractivity contribution is -0.123. The number of urea groups is 1. The van der Waals surface area contributed by atoms with Crippen LogP contribution in [0.3, 0.4) is 0 Å². The number of imide groups is 1. The normalized spacial score (nSPS) is 14.3. The molecule has 4 aromatic rings. The summed E-state index contributed by atoms with van der Waals surface area (Å²) in [5.74, 6) is -0.304. The Kier molecular flexibility index (Phi) is 6.47. The zero-order chi connectivity index (χ0) is 25.9. The highest BCUT2D eigenvalue weighted by Gasteiger charge is 2.34. The second-order valence-corrected chi connectivity index (χ2v) is 8.61. The number of hydrogen-bond acceptors (Lipinski definition) is 6. The van der Waals surface area contributed by atoms with Gasteiger partial charge in [-0.05, 0) is 47.5 Å². The summed E-state index contributed by atoms with van der Waals surface area (Å²) in [4.78, 5) is 38.5. The summed E-state index contributed by atoms with van der Waals surface area (Å²) in [7, 11) is 1.24. The van der Waals surface area contributed by atoms with Gasteiger partial charge >= 0.3 is 12.0 Å². The maximum absolute atomic E-state index is 13.2. The summed E-state index contributed by atoms with van der Waals surface area (Å²) < 4.78 is 16.2. The molecule has 0 bridgehead atoms. The number of hydrogen-bond donors (Lipinski definition) is 1. The molecule has 1 fully saturated rings. The SMILES string of the molecule is COC(=O)c1ccc(CN2C(=O)N/C(=C\c3c(OCc4ccc(C)cc4)ccc4ccccc34)C2=O)o1. The van der Waals surface area contributed by atoms with Gasteiger partial charge in [-0.1, -0.05) is 60.2 Å². The highest BCUT2D eigenvalue weighted by atomic mass is 16.5. The number of rotatable bonds is 7. The summed E-state index contributed by atoms with van der Waals surface area (Å²) in [5.41, 5.74) is 2.97. The minimum atomic E-state index is -0.641. The number of amides is 3. The maximum Gasteiger partial charge on any atom is 0.373 e. The van der Waals surface area contributed by atoms with Gasteiger partial charge < -0.3 is 19.2 Å². The average Bonchev–Trinajstić information content (AvgIpc) is 3.49. The molecule has 37 heavy (non-hydrogen) atoms. The van der Waals surface area contributed by atoms with E-state index in [2.05, 4.69) is 10.1 Å². The van der Waals surface area contributed by atoms with Crippen LogP contribution >= 0.6 is 0 Å². The predicted octanol–water partition coefficient (Wildman–Crippen LogP) is 5.20. The second kappa shape index (κ2) is 10.0. The summed E-state index contributed by atoms with van der Waals surface area (Å²) in [6.07, 6.45) is 1.63. The Hall–Kier alpha value is -4.85. The van der Waals surface area contributed by atoms with Crippen molar-refractivity contribution >= 4 is 34.8 Å². The van der Waals surface area contributed by atoms with Gasteiger partial charge in [0.2, 0.25) is 5.76 Å². The Morgan fingerprint density at radius 1 is 1.00 bits per heavy atom. The van der Waals surface area contributed by atoms with Crippen molar-refractivity contribution in [2.45, 2.75) is 20.1 Å². The molecule has 1 N–H and O–H groups in total. The van der Waals surface area contributed by atoms with E-state index in [-0.39, 0.29) is 23.8 Å². The van der Waals surface area contributed by atoms with Crippen LogP contribution in [0.25, 0.3) is 16.8 Å². The molecule has 3 amide bonds. The standard InChI is InChI=1S/C29H24N2O6/c1-18-7-9-19(10-8-18)17-36-25-13-11-20-5-3-4-6-22(20)23(25)15-24-27(32)31(29(34)30-24)16-21-12-14-26(37-21)28(33)35-2/h3-15H,16-17H2,1-2H3,(H,30,34)/b24-15-. The number of methoxy groups -OCH3 is 1. The fraction of sp³-hybridized carbons (Fsp3) is 0.138. The van der Waals surface area contributed by atoms with E-state index < -0.39 is 17.9 Å². The fourth-order valence-corrected chi connectivity index (χ4v) is 4.08. The van der Waals surface area contributed by atoms with Crippen molar-refractivity contribution in [1.82, 2.24) is 10.2 Å². The molecule has 1 aliphatic rings. The first-order chi connectivity index (χ1) is 17.9. The summed E-state index contributed by atoms with van der Waals surface area (Å²) in [6, 6.07) is 22.0. The molecule has 1 saturated heterocycles. The number of ether oxygens (including phenoxy) is 2. The van der Waals surface area contributed by atoms with Crippen LogP contribution < -0.4 is 10.1 Å². The van der Waals surface area contributed by atoms with Crippen molar-refractivity contribution in [3.8, 4) is 5.75 Å². The molecule has 0 radical (unpaired) electrons. The van der Waals surface area contributed by atoms with Gasteiger partial charge in [0.05, 0.1) is 13.7 Å². The number of esters is 1. The lowest BCUT2D eigenvalue weighted by Gasteiger charge is -2.13. The van der Waals surface area contributed by atoms with Crippen LogP contribution in [-0.4, -0.2) is 29.9 Å². The maximum atomic E-state index is 13.2. The van der Waals surface area contributed by atoms with E-state index in [0.29, 0.717) is 17.9 Å². The van der Waals surface area contributed by atoms with Crippen molar-refractivity contribution in [2.75, 3.05) is 7.11 Å². The van der Waals surface area contributed by atoms with Crippen LogP contribution in [0.1, 0.15) is 33.0 Å². The molecular formula is C29H24N2O6. The smallest absolute Gasteiger partial charge is 0.373 e. The number of fused-ring (bicyclic) bond motifs is 1. The molecule has 8 heteroatoms. The zero-order valence-corrected chi connectivity index (χ0v) is 20.3. The van der Waals surface area contributed by atoms with Crippen LogP contribution in [0.4, 0.5) is 4.79 Å². The molecule has 0 saturated carbocycles. The Balaban J connectivity index is 1.44. The second-order valence-electron chi connectivity index (χ2n) is 8.61. The van der Waals surface area contributed by atoms with Crippen molar-refractivity contribution < 1.29 is 28.3 Å². The number of aryl methyl sites for hydroxylation is 1. The Bertz CT molecular complexity index is 1530. The molecule has 1 aliphatic heterocycles. The monoisotopic (exact) mass is 496 g/mol. The van der Waals surface area contributed by atoms with Gasteiger partial charge in [0.25, 0.3) is 5.91 Å². The predicted molar refractivity (Wildman–Crippen MR) is 137 cm³/mol. The van der Waals surface area contributed by atoms with Gasteiger partial charge in [0.15, 0.2) is 0 Å². The number of furan rings is 1. The van der Waals surface area contributed by atoms with Crippen LogP contribution in [0.15, 0.2) is 82.9 Å². The minimum Gasteiger partial charge on any atom is -0.488 e. The molecule has 5 rings (SSSR count). The lowest BCUT2D eigenvalue weighted by Crippen LogP contribution is -2.30. The van der Waals surface area contributed by atoms with Gasteiger partial charge in [-0.3, -0.25) is 9.69 Å². The Labute approximate surface area is 213 Å². The first kappa shape index (κ1) is 23.9. The number of nitrogens with one attached hydrogen (secondary N) is 1. The third-order valence-electron chi connectivity index (χ3n) is 6.06. The van der Waals surface area contributed by atoms with E-state index in [9.17, 15) is 14.4 Å². The van der Waals surface area contributed by atoms with Crippen LogP contribution in [0, 0.1) is 6.92 Å². The van der Waals surface area contributed by atoms with Gasteiger partial charge in [-0.2, -0.15) is 0 Å². The highest BCUT2D eigenvalue weighted by Crippen LogP contribution is 2.32. The summed E-state index contributed by atoms with van der Waals surface area (Å²) in [6.45, 7) is 2.24. The van der Waals surface area contributed by atoms with Gasteiger partial charge in [-0.15, -0.1) is 0 Å². The molecule has 0 unspecified atom stereocenters. The largest absolute Gasteiger partial charge is 0.488 e. The Morgan fingerprint density at radius 2 is 1.78 bits per heavy atom. The number of carbonyl (C=O) groups excluding carboxylic acids is 3. The first-order valence-corrected chi connectivity index (χ1v) is 11.6.